The van der Waals surface area contributed by atoms with Crippen LogP contribution in [0.4, 0.5) is 5.69 Å². The Morgan fingerprint density at radius 1 is 1.04 bits per heavy atom. The smallest absolute Gasteiger partial charge is 0.264 e. The van der Waals surface area contributed by atoms with Crippen molar-refractivity contribution in [1.82, 2.24) is 5.32 Å². The van der Waals surface area contributed by atoms with Gasteiger partial charge in [0, 0.05) is 12.6 Å². The molecule has 146 valence electrons. The summed E-state index contributed by atoms with van der Waals surface area (Å²) in [5.74, 6) is 0.397. The number of anilines is 1. The molecule has 1 atom stereocenters. The molecule has 28 heavy (non-hydrogen) atoms. The Morgan fingerprint density at radius 3 is 2.25 bits per heavy atom. The summed E-state index contributed by atoms with van der Waals surface area (Å²) in [5, 5.41) is 2.84. The quantitative estimate of drug-likeness (QED) is 0.683. The molecule has 7 heteroatoms. The van der Waals surface area contributed by atoms with Crippen molar-refractivity contribution in [2.24, 2.45) is 0 Å². The van der Waals surface area contributed by atoms with Crippen LogP contribution in [-0.2, 0) is 10.0 Å². The summed E-state index contributed by atoms with van der Waals surface area (Å²) in [7, 11) is -2.18. The van der Waals surface area contributed by atoms with Gasteiger partial charge in [-0.05, 0) is 62.4 Å². The van der Waals surface area contributed by atoms with Crippen LogP contribution in [0.5, 0.6) is 0 Å². The minimum absolute atomic E-state index is 0.217. The van der Waals surface area contributed by atoms with Crippen LogP contribution in [0.25, 0.3) is 0 Å². The molecule has 3 aromatic rings. The van der Waals surface area contributed by atoms with Crippen LogP contribution in [0.3, 0.4) is 0 Å². The van der Waals surface area contributed by atoms with Crippen LogP contribution >= 0.6 is 0 Å². The first-order valence-electron chi connectivity index (χ1n) is 8.79. The van der Waals surface area contributed by atoms with Crippen LogP contribution in [0.2, 0.25) is 0 Å². The monoisotopic (exact) mass is 398 g/mol. The molecule has 1 aromatic heterocycles. The standard InChI is InChI=1S/C21H22N2O4S/c1-15-6-12-19(13-7-15)28(25,26)23(3)18-10-8-17(9-11-18)21(24)22-16(2)20-5-4-14-27-20/h4-14,16H,1-3H3,(H,22,24)/t16-/m1/s1. The largest absolute Gasteiger partial charge is 0.467 e. The summed E-state index contributed by atoms with van der Waals surface area (Å²) >= 11 is 0. The summed E-state index contributed by atoms with van der Waals surface area (Å²) in [6.45, 7) is 3.73. The van der Waals surface area contributed by atoms with E-state index < -0.39 is 10.0 Å². The Balaban J connectivity index is 1.74. The van der Waals surface area contributed by atoms with Crippen molar-refractivity contribution in [3.8, 4) is 0 Å². The highest BCUT2D eigenvalue weighted by atomic mass is 32.2. The summed E-state index contributed by atoms with van der Waals surface area (Å²) in [5.41, 5.74) is 1.89. The highest BCUT2D eigenvalue weighted by Crippen LogP contribution is 2.23. The van der Waals surface area contributed by atoms with Gasteiger partial charge < -0.3 is 9.73 Å². The third-order valence-corrected chi connectivity index (χ3v) is 6.29. The van der Waals surface area contributed by atoms with Gasteiger partial charge >= 0.3 is 0 Å². The molecule has 0 radical (unpaired) electrons. The number of carbonyl (C=O) groups excluding carboxylic acids is 1. The van der Waals surface area contributed by atoms with Crippen LogP contribution in [0.1, 0.15) is 34.6 Å². The predicted octanol–water partition coefficient (Wildman–Crippen LogP) is 3.90. The lowest BCUT2D eigenvalue weighted by atomic mass is 10.1. The number of benzene rings is 2. The molecule has 1 N–H and O–H groups in total. The van der Waals surface area contributed by atoms with Gasteiger partial charge in [0.25, 0.3) is 15.9 Å². The zero-order chi connectivity index (χ0) is 20.3. The third kappa shape index (κ3) is 4.09. The van der Waals surface area contributed by atoms with Gasteiger partial charge in [-0.3, -0.25) is 9.10 Å². The molecule has 0 aliphatic heterocycles. The van der Waals surface area contributed by atoms with E-state index in [0.29, 0.717) is 17.0 Å². The van der Waals surface area contributed by atoms with Crippen LogP contribution < -0.4 is 9.62 Å². The Morgan fingerprint density at radius 2 is 1.68 bits per heavy atom. The number of nitrogens with zero attached hydrogens (tertiary/aromatic N) is 1. The van der Waals surface area contributed by atoms with Crippen molar-refractivity contribution in [2.75, 3.05) is 11.4 Å². The van der Waals surface area contributed by atoms with E-state index in [-0.39, 0.29) is 16.8 Å². The SMILES string of the molecule is Cc1ccc(S(=O)(=O)N(C)c2ccc(C(=O)N[C@H](C)c3ccco3)cc2)cc1. The minimum atomic E-state index is -3.67. The lowest BCUT2D eigenvalue weighted by Gasteiger charge is -2.20. The van der Waals surface area contributed by atoms with Gasteiger partial charge in [0.1, 0.15) is 5.76 Å². The second-order valence-electron chi connectivity index (χ2n) is 6.54. The van der Waals surface area contributed by atoms with Gasteiger partial charge in [0.2, 0.25) is 0 Å². The number of rotatable bonds is 6. The molecule has 1 heterocycles. The fourth-order valence-corrected chi connectivity index (χ4v) is 3.91. The van der Waals surface area contributed by atoms with Crippen molar-refractivity contribution in [3.63, 3.8) is 0 Å². The predicted molar refractivity (Wildman–Crippen MR) is 108 cm³/mol. The summed E-state index contributed by atoms with van der Waals surface area (Å²) < 4.78 is 32.0. The number of aryl methyl sites for hydroxylation is 1. The van der Waals surface area contributed by atoms with E-state index in [2.05, 4.69) is 5.32 Å². The first kappa shape index (κ1) is 19.7. The molecular weight excluding hydrogens is 376 g/mol. The Labute approximate surface area is 164 Å². The molecule has 0 bridgehead atoms. The van der Waals surface area contributed by atoms with Crippen molar-refractivity contribution < 1.29 is 17.6 Å². The van der Waals surface area contributed by atoms with Gasteiger partial charge in [-0.2, -0.15) is 0 Å². The van der Waals surface area contributed by atoms with Crippen LogP contribution in [0, 0.1) is 6.92 Å². The Kier molecular flexibility index (Phi) is 5.56. The Bertz CT molecular complexity index is 1040. The van der Waals surface area contributed by atoms with Gasteiger partial charge in [-0.15, -0.1) is 0 Å². The maximum atomic E-state index is 12.8. The van der Waals surface area contributed by atoms with Crippen molar-refractivity contribution in [3.05, 3.63) is 83.8 Å². The van der Waals surface area contributed by atoms with Crippen LogP contribution in [0.15, 0.2) is 76.2 Å². The number of hydrogen-bond acceptors (Lipinski definition) is 4. The van der Waals surface area contributed by atoms with Gasteiger partial charge in [0.15, 0.2) is 0 Å². The van der Waals surface area contributed by atoms with E-state index in [4.69, 9.17) is 4.42 Å². The molecule has 6 nitrogen and oxygen atoms in total. The molecule has 0 aliphatic carbocycles. The van der Waals surface area contributed by atoms with Crippen LogP contribution in [-0.4, -0.2) is 21.4 Å². The van der Waals surface area contributed by atoms with Crippen molar-refractivity contribution in [1.29, 1.82) is 0 Å². The summed E-state index contributed by atoms with van der Waals surface area (Å²) in [6, 6.07) is 16.4. The first-order valence-corrected chi connectivity index (χ1v) is 10.2. The number of amides is 1. The molecule has 2 aromatic carbocycles. The van der Waals surface area contributed by atoms with Crippen molar-refractivity contribution in [2.45, 2.75) is 24.8 Å². The molecule has 0 saturated heterocycles. The summed E-state index contributed by atoms with van der Waals surface area (Å²) in [4.78, 5) is 12.6. The second-order valence-corrected chi connectivity index (χ2v) is 8.51. The van der Waals surface area contributed by atoms with E-state index >= 15 is 0 Å². The van der Waals surface area contributed by atoms with Gasteiger partial charge in [0.05, 0.1) is 22.9 Å². The highest BCUT2D eigenvalue weighted by Gasteiger charge is 2.21. The number of nitrogens with one attached hydrogen (secondary N) is 1. The molecule has 1 amide bonds. The number of carbonyl (C=O) groups is 1. The third-order valence-electron chi connectivity index (χ3n) is 4.49. The molecular formula is C21H22N2O4S. The number of hydrogen-bond donors (Lipinski definition) is 1. The van der Waals surface area contributed by atoms with E-state index in [1.165, 1.54) is 11.4 Å². The fraction of sp³-hybridized carbons (Fsp3) is 0.190. The average molecular weight is 398 g/mol. The van der Waals surface area contributed by atoms with E-state index in [0.717, 1.165) is 5.56 Å². The zero-order valence-corrected chi connectivity index (χ0v) is 16.7. The van der Waals surface area contributed by atoms with Gasteiger partial charge in [-0.1, -0.05) is 17.7 Å². The number of furan rings is 1. The van der Waals surface area contributed by atoms with E-state index in [1.54, 1.807) is 66.9 Å². The van der Waals surface area contributed by atoms with E-state index in [1.807, 2.05) is 13.8 Å². The Hall–Kier alpha value is -3.06. The maximum absolute atomic E-state index is 12.8. The lowest BCUT2D eigenvalue weighted by Crippen LogP contribution is -2.27. The second kappa shape index (κ2) is 7.90. The molecule has 0 saturated carbocycles. The van der Waals surface area contributed by atoms with E-state index in [9.17, 15) is 13.2 Å². The first-order chi connectivity index (χ1) is 13.3. The minimum Gasteiger partial charge on any atom is -0.467 e. The highest BCUT2D eigenvalue weighted by molar-refractivity contribution is 7.92. The number of sulfonamides is 1. The fourth-order valence-electron chi connectivity index (χ4n) is 2.72. The molecule has 0 aliphatic rings. The maximum Gasteiger partial charge on any atom is 0.264 e. The summed E-state index contributed by atoms with van der Waals surface area (Å²) in [6.07, 6.45) is 1.55. The molecule has 0 spiro atoms. The molecule has 0 fully saturated rings. The molecule has 0 unspecified atom stereocenters. The lowest BCUT2D eigenvalue weighted by molar-refractivity contribution is 0.0935. The van der Waals surface area contributed by atoms with Crippen molar-refractivity contribution >= 4 is 21.6 Å². The average Bonchev–Trinajstić information content (AvgIpc) is 3.23. The zero-order valence-electron chi connectivity index (χ0n) is 15.9. The topological polar surface area (TPSA) is 79.6 Å². The molecule has 3 rings (SSSR count). The van der Waals surface area contributed by atoms with Gasteiger partial charge in [-0.25, -0.2) is 8.42 Å². The normalized spacial score (nSPS) is 12.4.